The molecule has 7 heteroatoms. The first-order valence-electron chi connectivity index (χ1n) is 9.47. The van der Waals surface area contributed by atoms with Crippen molar-refractivity contribution in [2.75, 3.05) is 13.7 Å². The zero-order chi connectivity index (χ0) is 21.1. The highest BCUT2D eigenvalue weighted by Gasteiger charge is 2.19. The number of methoxy groups -OCH3 is 1. The lowest BCUT2D eigenvalue weighted by molar-refractivity contribution is 0.409. The Morgan fingerprint density at radius 1 is 1.00 bits per heavy atom. The van der Waals surface area contributed by atoms with E-state index in [0.29, 0.717) is 6.42 Å². The summed E-state index contributed by atoms with van der Waals surface area (Å²) in [5.41, 5.74) is 3.50. The maximum Gasteiger partial charge on any atom is 0.242 e. The van der Waals surface area contributed by atoms with E-state index in [0.717, 1.165) is 33.5 Å². The third-order valence-electron chi connectivity index (χ3n) is 4.94. The van der Waals surface area contributed by atoms with Crippen LogP contribution in [0.3, 0.4) is 0 Å². The number of benzene rings is 3. The van der Waals surface area contributed by atoms with Gasteiger partial charge in [-0.1, -0.05) is 54.1 Å². The van der Waals surface area contributed by atoms with E-state index in [4.69, 9.17) is 16.3 Å². The Hall–Kier alpha value is -2.80. The summed E-state index contributed by atoms with van der Waals surface area (Å²) in [5.74, 6) is 0.732. The molecule has 0 amide bonds. The quantitative estimate of drug-likeness (QED) is 0.424. The molecule has 30 heavy (non-hydrogen) atoms. The molecular formula is C23H21ClN2O3S. The van der Waals surface area contributed by atoms with Crippen molar-refractivity contribution in [2.45, 2.75) is 11.3 Å². The highest BCUT2D eigenvalue weighted by Crippen LogP contribution is 2.30. The van der Waals surface area contributed by atoms with Crippen LogP contribution in [-0.2, 0) is 16.4 Å². The molecule has 0 atom stereocenters. The smallest absolute Gasteiger partial charge is 0.242 e. The average Bonchev–Trinajstić information content (AvgIpc) is 3.18. The van der Waals surface area contributed by atoms with Crippen LogP contribution in [0.2, 0.25) is 5.02 Å². The van der Waals surface area contributed by atoms with Crippen LogP contribution >= 0.6 is 11.6 Å². The van der Waals surface area contributed by atoms with E-state index in [2.05, 4.69) is 9.71 Å². The molecule has 0 spiro atoms. The van der Waals surface area contributed by atoms with Crippen LogP contribution in [0.25, 0.3) is 22.2 Å². The van der Waals surface area contributed by atoms with Crippen LogP contribution in [0.4, 0.5) is 0 Å². The molecule has 1 aromatic heterocycles. The van der Waals surface area contributed by atoms with Gasteiger partial charge in [-0.2, -0.15) is 0 Å². The largest absolute Gasteiger partial charge is 0.496 e. The van der Waals surface area contributed by atoms with Gasteiger partial charge in [0.2, 0.25) is 10.0 Å². The minimum Gasteiger partial charge on any atom is -0.496 e. The van der Waals surface area contributed by atoms with Gasteiger partial charge in [-0.3, -0.25) is 0 Å². The predicted molar refractivity (Wildman–Crippen MR) is 121 cm³/mol. The van der Waals surface area contributed by atoms with E-state index in [1.165, 1.54) is 0 Å². The molecule has 4 aromatic rings. The van der Waals surface area contributed by atoms with Crippen LogP contribution < -0.4 is 9.46 Å². The van der Waals surface area contributed by atoms with Crippen LogP contribution in [0.1, 0.15) is 5.56 Å². The third-order valence-corrected chi connectivity index (χ3v) is 6.88. The maximum atomic E-state index is 12.9. The summed E-state index contributed by atoms with van der Waals surface area (Å²) in [4.78, 5) is 3.37. The monoisotopic (exact) mass is 440 g/mol. The molecule has 0 aliphatic carbocycles. The normalized spacial score (nSPS) is 11.7. The molecule has 0 radical (unpaired) electrons. The van der Waals surface area contributed by atoms with Crippen molar-refractivity contribution in [3.05, 3.63) is 83.4 Å². The topological polar surface area (TPSA) is 71.2 Å². The van der Waals surface area contributed by atoms with Crippen molar-refractivity contribution in [1.82, 2.24) is 9.71 Å². The van der Waals surface area contributed by atoms with Crippen molar-refractivity contribution in [2.24, 2.45) is 0 Å². The molecule has 0 aliphatic heterocycles. The van der Waals surface area contributed by atoms with Crippen molar-refractivity contribution < 1.29 is 13.2 Å². The Bertz CT molecular complexity index is 1270. The van der Waals surface area contributed by atoms with Crippen molar-refractivity contribution in [1.29, 1.82) is 0 Å². The van der Waals surface area contributed by atoms with E-state index < -0.39 is 10.0 Å². The summed E-state index contributed by atoms with van der Waals surface area (Å²) < 4.78 is 33.8. The second-order valence-corrected chi connectivity index (χ2v) is 9.02. The molecule has 5 nitrogen and oxygen atoms in total. The summed E-state index contributed by atoms with van der Waals surface area (Å²) in [7, 11) is -2.18. The van der Waals surface area contributed by atoms with Gasteiger partial charge in [0, 0.05) is 23.1 Å². The number of rotatable bonds is 7. The Labute approximate surface area is 180 Å². The number of para-hydroxylation sites is 2. The molecule has 3 aromatic carbocycles. The van der Waals surface area contributed by atoms with E-state index >= 15 is 0 Å². The zero-order valence-electron chi connectivity index (χ0n) is 16.4. The molecular weight excluding hydrogens is 420 g/mol. The van der Waals surface area contributed by atoms with Gasteiger partial charge in [0.25, 0.3) is 0 Å². The second-order valence-electron chi connectivity index (χ2n) is 6.88. The number of nitrogens with one attached hydrogen (secondary N) is 2. The van der Waals surface area contributed by atoms with Gasteiger partial charge >= 0.3 is 0 Å². The van der Waals surface area contributed by atoms with Gasteiger partial charge in [0.05, 0.1) is 12.1 Å². The van der Waals surface area contributed by atoms with Crippen LogP contribution in [-0.4, -0.2) is 27.1 Å². The van der Waals surface area contributed by atoms with Gasteiger partial charge in [0.15, 0.2) is 0 Å². The minimum atomic E-state index is -3.78. The van der Waals surface area contributed by atoms with Crippen molar-refractivity contribution in [3.8, 4) is 17.0 Å². The van der Waals surface area contributed by atoms with Crippen LogP contribution in [0.15, 0.2) is 77.7 Å². The van der Waals surface area contributed by atoms with Gasteiger partial charge in [-0.05, 0) is 47.9 Å². The van der Waals surface area contributed by atoms with Gasteiger partial charge in [-0.25, -0.2) is 13.1 Å². The number of ether oxygens (including phenoxy) is 1. The van der Waals surface area contributed by atoms with E-state index in [1.807, 2.05) is 54.6 Å². The predicted octanol–water partition coefficient (Wildman–Crippen LogP) is 5.02. The summed E-state index contributed by atoms with van der Waals surface area (Å²) in [6.45, 7) is 0.232. The highest BCUT2D eigenvalue weighted by molar-refractivity contribution is 7.89. The fraction of sp³-hybridized carbons (Fsp3) is 0.130. The molecule has 0 unspecified atom stereocenters. The highest BCUT2D eigenvalue weighted by atomic mass is 35.5. The zero-order valence-corrected chi connectivity index (χ0v) is 17.9. The lowest BCUT2D eigenvalue weighted by Crippen LogP contribution is -2.26. The van der Waals surface area contributed by atoms with E-state index in [-0.39, 0.29) is 16.5 Å². The van der Waals surface area contributed by atoms with Gasteiger partial charge < -0.3 is 9.72 Å². The summed E-state index contributed by atoms with van der Waals surface area (Å²) in [5, 5.41) is 1.24. The van der Waals surface area contributed by atoms with Gasteiger partial charge in [0.1, 0.15) is 10.6 Å². The number of halogens is 1. The lowest BCUT2D eigenvalue weighted by atomic mass is 10.1. The summed E-state index contributed by atoms with van der Waals surface area (Å²) in [6, 6.07) is 22.4. The van der Waals surface area contributed by atoms with E-state index in [1.54, 1.807) is 25.3 Å². The fourth-order valence-corrected chi connectivity index (χ4v) is 4.97. The number of aromatic nitrogens is 1. The Morgan fingerprint density at radius 3 is 2.57 bits per heavy atom. The van der Waals surface area contributed by atoms with Crippen LogP contribution in [0, 0.1) is 0 Å². The molecule has 0 saturated heterocycles. The number of sulfonamides is 1. The maximum absolute atomic E-state index is 12.9. The summed E-state index contributed by atoms with van der Waals surface area (Å²) >= 11 is 6.24. The first-order chi connectivity index (χ1) is 14.5. The molecule has 1 heterocycles. The number of H-pyrrole nitrogens is 1. The van der Waals surface area contributed by atoms with E-state index in [9.17, 15) is 8.42 Å². The number of aromatic amines is 1. The van der Waals surface area contributed by atoms with Crippen molar-refractivity contribution >= 4 is 32.5 Å². The molecule has 2 N–H and O–H groups in total. The third kappa shape index (κ3) is 4.21. The molecule has 0 bridgehead atoms. The lowest BCUT2D eigenvalue weighted by Gasteiger charge is -2.11. The first kappa shape index (κ1) is 20.5. The van der Waals surface area contributed by atoms with Crippen molar-refractivity contribution in [3.63, 3.8) is 0 Å². The molecule has 0 aliphatic rings. The van der Waals surface area contributed by atoms with Crippen LogP contribution in [0.5, 0.6) is 5.75 Å². The Morgan fingerprint density at radius 2 is 1.77 bits per heavy atom. The Kier molecular flexibility index (Phi) is 5.81. The van der Waals surface area contributed by atoms with Gasteiger partial charge in [-0.15, -0.1) is 0 Å². The second kappa shape index (κ2) is 8.52. The Balaban J connectivity index is 1.57. The molecule has 0 saturated carbocycles. The first-order valence-corrected chi connectivity index (χ1v) is 11.3. The number of hydrogen-bond donors (Lipinski definition) is 2. The standard InChI is InChI=1S/C23H21ClN2O3S/c1-29-22-9-5-3-6-16(22)12-13-25-30(27,28)23-15-18(10-11-19(23)24)21-14-17-7-2-4-8-20(17)26-21/h2-11,14-15,25-26H,12-13H2,1H3. The number of fused-ring (bicyclic) bond motifs is 1. The molecule has 154 valence electrons. The molecule has 4 rings (SSSR count). The number of hydrogen-bond acceptors (Lipinski definition) is 3. The summed E-state index contributed by atoms with van der Waals surface area (Å²) in [6.07, 6.45) is 0.503. The minimum absolute atomic E-state index is 0.0559. The SMILES string of the molecule is COc1ccccc1CCNS(=O)(=O)c1cc(-c2cc3ccccc3[nH]2)ccc1Cl. The molecule has 0 fully saturated rings. The fourth-order valence-electron chi connectivity index (χ4n) is 3.41. The average molecular weight is 441 g/mol.